The minimum atomic E-state index is -0.137. The summed E-state index contributed by atoms with van der Waals surface area (Å²) in [6.07, 6.45) is 5.29. The van der Waals surface area contributed by atoms with Crippen LogP contribution in [0.25, 0.3) is 10.9 Å². The number of nitriles is 1. The Balaban J connectivity index is 1.63. The van der Waals surface area contributed by atoms with Gasteiger partial charge in [0.2, 0.25) is 0 Å². The Bertz CT molecular complexity index is 789. The summed E-state index contributed by atoms with van der Waals surface area (Å²) in [4.78, 5) is 26.5. The fourth-order valence-electron chi connectivity index (χ4n) is 2.78. The number of carbonyl (C=O) groups excluding carboxylic acids is 2. The second kappa shape index (κ2) is 10.2. The van der Waals surface area contributed by atoms with Crippen LogP contribution in [0.5, 0.6) is 0 Å². The molecule has 1 aromatic carbocycles. The summed E-state index contributed by atoms with van der Waals surface area (Å²) in [6, 6.07) is 9.15. The van der Waals surface area contributed by atoms with Crippen molar-refractivity contribution in [3.05, 3.63) is 35.5 Å². The normalized spacial score (nSPS) is 10.5. The summed E-state index contributed by atoms with van der Waals surface area (Å²) in [6.45, 7) is 2.87. The van der Waals surface area contributed by atoms with E-state index in [0.717, 1.165) is 43.0 Å². The third-order valence-electron chi connectivity index (χ3n) is 4.14. The Morgan fingerprint density at radius 3 is 2.69 bits per heavy atom. The lowest BCUT2D eigenvalue weighted by atomic mass is 10.1. The highest BCUT2D eigenvalue weighted by Crippen LogP contribution is 2.17. The van der Waals surface area contributed by atoms with Gasteiger partial charge < -0.3 is 15.0 Å². The van der Waals surface area contributed by atoms with Gasteiger partial charge in [0.15, 0.2) is 0 Å². The summed E-state index contributed by atoms with van der Waals surface area (Å²) >= 11 is 0. The van der Waals surface area contributed by atoms with Gasteiger partial charge in [0.05, 0.1) is 18.2 Å². The molecule has 0 spiro atoms. The van der Waals surface area contributed by atoms with Crippen LogP contribution in [0.4, 0.5) is 0 Å². The molecule has 1 aromatic heterocycles. The monoisotopic (exact) mass is 355 g/mol. The van der Waals surface area contributed by atoms with Crippen molar-refractivity contribution in [2.75, 3.05) is 13.2 Å². The topological polar surface area (TPSA) is 95.0 Å². The van der Waals surface area contributed by atoms with Crippen molar-refractivity contribution in [1.82, 2.24) is 10.3 Å². The molecule has 0 unspecified atom stereocenters. The maximum absolute atomic E-state index is 12.2. The first kappa shape index (κ1) is 19.5. The molecule has 0 fully saturated rings. The van der Waals surface area contributed by atoms with Crippen LogP contribution in [0.2, 0.25) is 0 Å². The van der Waals surface area contributed by atoms with Crippen LogP contribution >= 0.6 is 0 Å². The number of hydrogen-bond donors (Lipinski definition) is 2. The highest BCUT2D eigenvalue weighted by Gasteiger charge is 2.09. The Labute approximate surface area is 153 Å². The number of ether oxygens (including phenoxy) is 1. The van der Waals surface area contributed by atoms with Crippen molar-refractivity contribution < 1.29 is 14.3 Å². The molecule has 2 aromatic rings. The van der Waals surface area contributed by atoms with Gasteiger partial charge in [0.25, 0.3) is 5.91 Å². The van der Waals surface area contributed by atoms with Gasteiger partial charge >= 0.3 is 5.97 Å². The number of H-pyrrole nitrogens is 1. The van der Waals surface area contributed by atoms with E-state index in [1.165, 1.54) is 0 Å². The minimum absolute atomic E-state index is 0.125. The zero-order chi connectivity index (χ0) is 18.8. The number of hydrogen-bond acceptors (Lipinski definition) is 4. The van der Waals surface area contributed by atoms with Gasteiger partial charge in [-0.05, 0) is 44.0 Å². The molecule has 0 atom stereocenters. The largest absolute Gasteiger partial charge is 0.466 e. The van der Waals surface area contributed by atoms with E-state index in [1.54, 1.807) is 24.3 Å². The number of esters is 1. The molecule has 0 saturated heterocycles. The molecule has 0 aliphatic rings. The Morgan fingerprint density at radius 2 is 1.92 bits per heavy atom. The van der Waals surface area contributed by atoms with Gasteiger partial charge in [-0.3, -0.25) is 9.59 Å². The van der Waals surface area contributed by atoms with Crippen LogP contribution in [-0.4, -0.2) is 30.0 Å². The quantitative estimate of drug-likeness (QED) is 0.502. The molecule has 138 valence electrons. The second-order valence-electron chi connectivity index (χ2n) is 6.18. The van der Waals surface area contributed by atoms with Crippen LogP contribution in [0, 0.1) is 11.3 Å². The number of unbranched alkanes of at least 4 members (excludes halogenated alkanes) is 4. The van der Waals surface area contributed by atoms with Gasteiger partial charge in [-0.2, -0.15) is 5.26 Å². The van der Waals surface area contributed by atoms with Crippen molar-refractivity contribution in [2.45, 2.75) is 45.4 Å². The second-order valence-corrected chi connectivity index (χ2v) is 6.18. The van der Waals surface area contributed by atoms with E-state index in [2.05, 4.69) is 16.4 Å². The Hall–Kier alpha value is -2.81. The number of amides is 1. The van der Waals surface area contributed by atoms with Crippen LogP contribution in [0.15, 0.2) is 24.3 Å². The summed E-state index contributed by atoms with van der Waals surface area (Å²) in [5.41, 5.74) is 1.92. The van der Waals surface area contributed by atoms with E-state index >= 15 is 0 Å². The standard InChI is InChI=1S/C20H25N3O3/c1-2-26-19(24)8-6-4-3-5-7-11-22-20(25)18-13-16-12-15(14-21)9-10-17(16)23-18/h9-10,12-13,23H,2-8,11H2,1H3,(H,22,25). The zero-order valence-electron chi connectivity index (χ0n) is 15.1. The van der Waals surface area contributed by atoms with E-state index in [4.69, 9.17) is 10.00 Å². The van der Waals surface area contributed by atoms with Crippen LogP contribution < -0.4 is 5.32 Å². The van der Waals surface area contributed by atoms with Gasteiger partial charge in [0, 0.05) is 23.9 Å². The molecule has 0 bridgehead atoms. The molecule has 2 rings (SSSR count). The molecule has 0 saturated carbocycles. The number of nitrogens with zero attached hydrogens (tertiary/aromatic N) is 1. The average molecular weight is 355 g/mol. The predicted octanol–water partition coefficient (Wildman–Crippen LogP) is 3.67. The number of benzene rings is 1. The SMILES string of the molecule is CCOC(=O)CCCCCCCNC(=O)c1cc2cc(C#N)ccc2[nH]1. The van der Waals surface area contributed by atoms with Gasteiger partial charge in [0.1, 0.15) is 5.69 Å². The first-order chi connectivity index (χ1) is 12.6. The molecule has 1 amide bonds. The lowest BCUT2D eigenvalue weighted by Gasteiger charge is -2.04. The molecular weight excluding hydrogens is 330 g/mol. The number of aromatic nitrogens is 1. The van der Waals surface area contributed by atoms with Gasteiger partial charge in [-0.15, -0.1) is 0 Å². The Morgan fingerprint density at radius 1 is 1.15 bits per heavy atom. The molecule has 0 radical (unpaired) electrons. The number of nitrogens with one attached hydrogen (secondary N) is 2. The number of carbonyl (C=O) groups is 2. The third kappa shape index (κ3) is 5.92. The van der Waals surface area contributed by atoms with Crippen molar-refractivity contribution in [3.8, 4) is 6.07 Å². The number of rotatable bonds is 10. The number of aromatic amines is 1. The van der Waals surface area contributed by atoms with E-state index in [-0.39, 0.29) is 11.9 Å². The third-order valence-corrected chi connectivity index (χ3v) is 4.14. The molecule has 0 aliphatic carbocycles. The minimum Gasteiger partial charge on any atom is -0.466 e. The predicted molar refractivity (Wildman–Crippen MR) is 99.7 cm³/mol. The Kier molecular flexibility index (Phi) is 7.69. The molecule has 26 heavy (non-hydrogen) atoms. The van der Waals surface area contributed by atoms with Crippen molar-refractivity contribution in [3.63, 3.8) is 0 Å². The van der Waals surface area contributed by atoms with Crippen LogP contribution in [0.1, 0.15) is 61.5 Å². The molecule has 6 nitrogen and oxygen atoms in total. The summed E-state index contributed by atoms with van der Waals surface area (Å²) in [5, 5.41) is 12.7. The summed E-state index contributed by atoms with van der Waals surface area (Å²) < 4.78 is 4.88. The van der Waals surface area contributed by atoms with Crippen molar-refractivity contribution in [2.24, 2.45) is 0 Å². The molecule has 1 heterocycles. The van der Waals surface area contributed by atoms with Crippen LogP contribution in [0.3, 0.4) is 0 Å². The first-order valence-electron chi connectivity index (χ1n) is 9.10. The lowest BCUT2D eigenvalue weighted by molar-refractivity contribution is -0.143. The smallest absolute Gasteiger partial charge is 0.305 e. The highest BCUT2D eigenvalue weighted by atomic mass is 16.5. The zero-order valence-corrected chi connectivity index (χ0v) is 15.1. The van der Waals surface area contributed by atoms with E-state index in [1.807, 2.05) is 6.92 Å². The van der Waals surface area contributed by atoms with Crippen molar-refractivity contribution in [1.29, 1.82) is 5.26 Å². The average Bonchev–Trinajstić information content (AvgIpc) is 3.07. The van der Waals surface area contributed by atoms with Crippen LogP contribution in [-0.2, 0) is 9.53 Å². The van der Waals surface area contributed by atoms with Crippen molar-refractivity contribution >= 4 is 22.8 Å². The summed E-state index contributed by atoms with van der Waals surface area (Å²) in [7, 11) is 0. The molecule has 2 N–H and O–H groups in total. The van der Waals surface area contributed by atoms with E-state index < -0.39 is 0 Å². The summed E-state index contributed by atoms with van der Waals surface area (Å²) in [5.74, 6) is -0.262. The maximum Gasteiger partial charge on any atom is 0.305 e. The lowest BCUT2D eigenvalue weighted by Crippen LogP contribution is -2.24. The fraction of sp³-hybridized carbons (Fsp3) is 0.450. The van der Waals surface area contributed by atoms with E-state index in [9.17, 15) is 9.59 Å². The van der Waals surface area contributed by atoms with Gasteiger partial charge in [-0.1, -0.05) is 19.3 Å². The maximum atomic E-state index is 12.2. The van der Waals surface area contributed by atoms with Gasteiger partial charge in [-0.25, -0.2) is 0 Å². The molecule has 6 heteroatoms. The number of fused-ring (bicyclic) bond motifs is 1. The van der Waals surface area contributed by atoms with E-state index in [0.29, 0.717) is 30.8 Å². The molecular formula is C20H25N3O3. The first-order valence-corrected chi connectivity index (χ1v) is 9.10. The highest BCUT2D eigenvalue weighted by molar-refractivity contribution is 5.98. The molecule has 0 aliphatic heterocycles. The fourth-order valence-corrected chi connectivity index (χ4v) is 2.78.